The van der Waals surface area contributed by atoms with Crippen molar-refractivity contribution < 1.29 is 4.79 Å². The van der Waals surface area contributed by atoms with Gasteiger partial charge < -0.3 is 10.6 Å². The predicted molar refractivity (Wildman–Crippen MR) is 101 cm³/mol. The second kappa shape index (κ2) is 7.22. The van der Waals surface area contributed by atoms with E-state index in [-0.39, 0.29) is 11.8 Å². The van der Waals surface area contributed by atoms with E-state index in [1.165, 1.54) is 15.4 Å². The molecule has 4 heteroatoms. The van der Waals surface area contributed by atoms with Gasteiger partial charge in [-0.3, -0.25) is 4.79 Å². The summed E-state index contributed by atoms with van der Waals surface area (Å²) in [6, 6.07) is 18.7. The molecule has 2 fully saturated rings. The molecule has 1 aliphatic carbocycles. The van der Waals surface area contributed by atoms with Crippen molar-refractivity contribution in [3.05, 3.63) is 60.2 Å². The van der Waals surface area contributed by atoms with Crippen LogP contribution in [0.5, 0.6) is 0 Å². The first kappa shape index (κ1) is 16.7. The van der Waals surface area contributed by atoms with Crippen LogP contribution in [0.25, 0.3) is 0 Å². The summed E-state index contributed by atoms with van der Waals surface area (Å²) in [5, 5.41) is 6.58. The van der Waals surface area contributed by atoms with Crippen LogP contribution in [0, 0.1) is 11.3 Å². The van der Waals surface area contributed by atoms with Crippen molar-refractivity contribution in [2.75, 3.05) is 13.1 Å². The van der Waals surface area contributed by atoms with Crippen LogP contribution < -0.4 is 10.6 Å². The molecule has 1 atom stereocenters. The second-order valence-corrected chi connectivity index (χ2v) is 8.23. The van der Waals surface area contributed by atoms with Gasteiger partial charge in [0.05, 0.1) is 0 Å². The Morgan fingerprint density at radius 1 is 1.08 bits per heavy atom. The molecule has 2 aromatic rings. The van der Waals surface area contributed by atoms with E-state index in [9.17, 15) is 4.79 Å². The number of rotatable bonds is 5. The lowest BCUT2D eigenvalue weighted by Gasteiger charge is -2.23. The van der Waals surface area contributed by atoms with Gasteiger partial charge in [-0.15, -0.1) is 0 Å². The van der Waals surface area contributed by atoms with E-state index >= 15 is 0 Å². The lowest BCUT2D eigenvalue weighted by Crippen LogP contribution is -2.33. The van der Waals surface area contributed by atoms with E-state index in [2.05, 4.69) is 53.1 Å². The number of carbonyl (C=O) groups excluding carboxylic acids is 1. The molecule has 0 bridgehead atoms. The molecule has 25 heavy (non-hydrogen) atoms. The summed E-state index contributed by atoms with van der Waals surface area (Å²) in [6.07, 6.45) is 3.36. The number of amides is 1. The fourth-order valence-electron chi connectivity index (χ4n) is 3.87. The maximum atomic E-state index is 12.6. The normalized spacial score (nSPS) is 21.0. The summed E-state index contributed by atoms with van der Waals surface area (Å²) in [5.41, 5.74) is 1.48. The molecule has 1 saturated carbocycles. The van der Waals surface area contributed by atoms with Crippen molar-refractivity contribution in [1.82, 2.24) is 10.6 Å². The lowest BCUT2D eigenvalue weighted by atomic mass is 9.92. The van der Waals surface area contributed by atoms with Gasteiger partial charge in [0.2, 0.25) is 5.91 Å². The van der Waals surface area contributed by atoms with E-state index in [4.69, 9.17) is 0 Å². The lowest BCUT2D eigenvalue weighted by molar-refractivity contribution is -0.123. The quantitative estimate of drug-likeness (QED) is 0.859. The minimum atomic E-state index is 0.225. The zero-order chi connectivity index (χ0) is 17.1. The predicted octanol–water partition coefficient (Wildman–Crippen LogP) is 3.84. The van der Waals surface area contributed by atoms with Gasteiger partial charge in [0.25, 0.3) is 0 Å². The standard InChI is InChI=1S/C21H24N2OS/c24-20(18-14-21(18)10-12-22-13-11-21)23-15-16-6-4-5-9-19(16)25-17-7-2-1-3-8-17/h1-9,18,22H,10-15H2,(H,23,24). The minimum Gasteiger partial charge on any atom is -0.352 e. The van der Waals surface area contributed by atoms with Crippen LogP contribution in [0.2, 0.25) is 0 Å². The van der Waals surface area contributed by atoms with Crippen LogP contribution in [0.15, 0.2) is 64.4 Å². The van der Waals surface area contributed by atoms with Crippen LogP contribution >= 0.6 is 11.8 Å². The van der Waals surface area contributed by atoms with E-state index < -0.39 is 0 Å². The van der Waals surface area contributed by atoms with Gasteiger partial charge in [0.1, 0.15) is 0 Å². The molecule has 1 heterocycles. The Morgan fingerprint density at radius 3 is 2.60 bits per heavy atom. The van der Waals surface area contributed by atoms with Gasteiger partial charge in [-0.05, 0) is 61.5 Å². The third-order valence-electron chi connectivity index (χ3n) is 5.50. The SMILES string of the molecule is O=C(NCc1ccccc1Sc1ccccc1)C1CC12CCNCC2. The molecule has 4 rings (SSSR count). The third kappa shape index (κ3) is 3.75. The van der Waals surface area contributed by atoms with Crippen molar-refractivity contribution in [2.45, 2.75) is 35.6 Å². The monoisotopic (exact) mass is 352 g/mol. The molecule has 0 radical (unpaired) electrons. The van der Waals surface area contributed by atoms with E-state index in [0.29, 0.717) is 12.0 Å². The number of benzene rings is 2. The molecular weight excluding hydrogens is 328 g/mol. The van der Waals surface area contributed by atoms with Crippen LogP contribution in [-0.4, -0.2) is 19.0 Å². The number of piperidine rings is 1. The molecule has 1 saturated heterocycles. The highest BCUT2D eigenvalue weighted by atomic mass is 32.2. The maximum absolute atomic E-state index is 12.6. The third-order valence-corrected chi connectivity index (χ3v) is 6.63. The molecule has 1 spiro atoms. The van der Waals surface area contributed by atoms with Gasteiger partial charge in [-0.1, -0.05) is 48.2 Å². The maximum Gasteiger partial charge on any atom is 0.223 e. The smallest absolute Gasteiger partial charge is 0.223 e. The van der Waals surface area contributed by atoms with Crippen molar-refractivity contribution in [1.29, 1.82) is 0 Å². The number of hydrogen-bond donors (Lipinski definition) is 2. The zero-order valence-electron chi connectivity index (χ0n) is 14.3. The Morgan fingerprint density at radius 2 is 1.80 bits per heavy atom. The fourth-order valence-corrected chi connectivity index (χ4v) is 4.83. The first-order chi connectivity index (χ1) is 12.3. The van der Waals surface area contributed by atoms with Gasteiger partial charge in [-0.2, -0.15) is 0 Å². The highest BCUT2D eigenvalue weighted by Gasteiger charge is 2.57. The molecular formula is C21H24N2OS. The van der Waals surface area contributed by atoms with Crippen LogP contribution in [0.1, 0.15) is 24.8 Å². The van der Waals surface area contributed by atoms with Crippen molar-refractivity contribution in [3.8, 4) is 0 Å². The van der Waals surface area contributed by atoms with Crippen molar-refractivity contribution in [3.63, 3.8) is 0 Å². The average molecular weight is 353 g/mol. The molecule has 1 unspecified atom stereocenters. The van der Waals surface area contributed by atoms with Crippen molar-refractivity contribution >= 4 is 17.7 Å². The molecule has 1 amide bonds. The highest BCUT2D eigenvalue weighted by Crippen LogP contribution is 2.58. The molecule has 1 aliphatic heterocycles. The van der Waals surface area contributed by atoms with E-state index in [1.54, 1.807) is 11.8 Å². The zero-order valence-corrected chi connectivity index (χ0v) is 15.1. The summed E-state index contributed by atoms with van der Waals surface area (Å²) in [6.45, 7) is 2.72. The Kier molecular flexibility index (Phi) is 4.82. The van der Waals surface area contributed by atoms with Crippen molar-refractivity contribution in [2.24, 2.45) is 11.3 Å². The summed E-state index contributed by atoms with van der Waals surface area (Å²) < 4.78 is 0. The second-order valence-electron chi connectivity index (χ2n) is 7.11. The number of nitrogens with one attached hydrogen (secondary N) is 2. The summed E-state index contributed by atoms with van der Waals surface area (Å²) in [5.74, 6) is 0.463. The number of carbonyl (C=O) groups is 1. The Hall–Kier alpha value is -1.78. The van der Waals surface area contributed by atoms with Crippen LogP contribution in [0.4, 0.5) is 0 Å². The topological polar surface area (TPSA) is 41.1 Å². The van der Waals surface area contributed by atoms with Gasteiger partial charge in [0.15, 0.2) is 0 Å². The Bertz CT molecular complexity index is 741. The Balaban J connectivity index is 1.38. The molecule has 2 N–H and O–H groups in total. The van der Waals surface area contributed by atoms with Crippen LogP contribution in [0.3, 0.4) is 0 Å². The van der Waals surface area contributed by atoms with E-state index in [1.807, 2.05) is 12.1 Å². The summed E-state index contributed by atoms with van der Waals surface area (Å²) in [4.78, 5) is 15.0. The van der Waals surface area contributed by atoms with Crippen LogP contribution in [-0.2, 0) is 11.3 Å². The number of hydrogen-bond acceptors (Lipinski definition) is 3. The van der Waals surface area contributed by atoms with E-state index in [0.717, 1.165) is 32.4 Å². The summed E-state index contributed by atoms with van der Waals surface area (Å²) in [7, 11) is 0. The fraction of sp³-hybridized carbons (Fsp3) is 0.381. The summed E-state index contributed by atoms with van der Waals surface area (Å²) >= 11 is 1.75. The molecule has 0 aromatic heterocycles. The van der Waals surface area contributed by atoms with Gasteiger partial charge in [0, 0.05) is 22.3 Å². The highest BCUT2D eigenvalue weighted by molar-refractivity contribution is 7.99. The molecule has 2 aromatic carbocycles. The molecule has 3 nitrogen and oxygen atoms in total. The first-order valence-electron chi connectivity index (χ1n) is 9.06. The Labute approximate surface area is 153 Å². The largest absolute Gasteiger partial charge is 0.352 e. The average Bonchev–Trinajstić information content (AvgIpc) is 3.35. The van der Waals surface area contributed by atoms with Gasteiger partial charge in [-0.25, -0.2) is 0 Å². The molecule has 2 aliphatic rings. The first-order valence-corrected chi connectivity index (χ1v) is 9.88. The molecule has 130 valence electrons. The minimum absolute atomic E-state index is 0.225. The van der Waals surface area contributed by atoms with Gasteiger partial charge >= 0.3 is 0 Å².